The summed E-state index contributed by atoms with van der Waals surface area (Å²) in [5.74, 6) is 0.431. The zero-order valence-corrected chi connectivity index (χ0v) is 15.3. The van der Waals surface area contributed by atoms with Gasteiger partial charge in [-0.25, -0.2) is 4.79 Å². The smallest absolute Gasteiger partial charge is 0.334 e. The van der Waals surface area contributed by atoms with E-state index in [-0.39, 0.29) is 11.6 Å². The molecule has 0 saturated heterocycles. The lowest BCUT2D eigenvalue weighted by Gasteiger charge is -2.22. The van der Waals surface area contributed by atoms with Crippen LogP contribution < -0.4 is 4.74 Å². The summed E-state index contributed by atoms with van der Waals surface area (Å²) in [5, 5.41) is 0. The number of esters is 1. The first-order valence-electron chi connectivity index (χ1n) is 7.78. The van der Waals surface area contributed by atoms with Gasteiger partial charge in [0, 0.05) is 5.57 Å². The van der Waals surface area contributed by atoms with Crippen LogP contribution in [0.2, 0.25) is 0 Å². The van der Waals surface area contributed by atoms with Crippen LogP contribution in [-0.2, 0) is 9.53 Å². The summed E-state index contributed by atoms with van der Waals surface area (Å²) < 4.78 is 11.3. The molecule has 23 heavy (non-hydrogen) atoms. The predicted molar refractivity (Wildman–Crippen MR) is 96.4 cm³/mol. The molecule has 1 aromatic carbocycles. The van der Waals surface area contributed by atoms with Gasteiger partial charge >= 0.3 is 5.97 Å². The van der Waals surface area contributed by atoms with Crippen LogP contribution in [0.15, 0.2) is 30.4 Å². The number of hydrogen-bond donors (Lipinski definition) is 0. The summed E-state index contributed by atoms with van der Waals surface area (Å²) in [7, 11) is 0. The predicted octanol–water partition coefficient (Wildman–Crippen LogP) is 5.25. The zero-order chi connectivity index (χ0) is 17.8. The van der Waals surface area contributed by atoms with Crippen LogP contribution in [-0.4, -0.2) is 17.2 Å². The van der Waals surface area contributed by atoms with E-state index in [1.807, 2.05) is 59.7 Å². The summed E-state index contributed by atoms with van der Waals surface area (Å²) in [6.07, 6.45) is 3.57. The van der Waals surface area contributed by atoms with Gasteiger partial charge in [-0.3, -0.25) is 0 Å². The van der Waals surface area contributed by atoms with E-state index in [4.69, 9.17) is 9.47 Å². The Bertz CT molecular complexity index is 611. The van der Waals surface area contributed by atoms with Gasteiger partial charge in [-0.1, -0.05) is 18.7 Å². The SMILES string of the molecule is C=Cc1ccc(OC(C)(C)C)cc1/C=C(\C)C(=O)OC(C)(C)C. The van der Waals surface area contributed by atoms with E-state index >= 15 is 0 Å². The van der Waals surface area contributed by atoms with Gasteiger partial charge in [0.15, 0.2) is 0 Å². The van der Waals surface area contributed by atoms with Gasteiger partial charge in [-0.05, 0) is 77.8 Å². The van der Waals surface area contributed by atoms with Crippen molar-refractivity contribution in [1.29, 1.82) is 0 Å². The van der Waals surface area contributed by atoms with Crippen molar-refractivity contribution in [3.8, 4) is 5.75 Å². The van der Waals surface area contributed by atoms with Crippen LogP contribution in [0, 0.1) is 0 Å². The molecule has 0 aliphatic carbocycles. The summed E-state index contributed by atoms with van der Waals surface area (Å²) in [6.45, 7) is 17.1. The molecule has 3 heteroatoms. The second-order valence-electron chi connectivity index (χ2n) is 7.54. The van der Waals surface area contributed by atoms with Gasteiger partial charge in [0.05, 0.1) is 0 Å². The Hall–Kier alpha value is -2.03. The highest BCUT2D eigenvalue weighted by atomic mass is 16.6. The van der Waals surface area contributed by atoms with E-state index in [0.29, 0.717) is 5.57 Å². The summed E-state index contributed by atoms with van der Waals surface area (Å²) in [5.41, 5.74) is 1.57. The third kappa shape index (κ3) is 6.72. The minimum Gasteiger partial charge on any atom is -0.488 e. The number of carbonyl (C=O) groups excluding carboxylic acids is 1. The van der Waals surface area contributed by atoms with Crippen molar-refractivity contribution in [2.24, 2.45) is 0 Å². The minimum atomic E-state index is -0.509. The zero-order valence-electron chi connectivity index (χ0n) is 15.3. The minimum absolute atomic E-state index is 0.281. The van der Waals surface area contributed by atoms with E-state index in [2.05, 4.69) is 6.58 Å². The number of benzene rings is 1. The number of ether oxygens (including phenoxy) is 2. The van der Waals surface area contributed by atoms with Gasteiger partial charge < -0.3 is 9.47 Å². The Morgan fingerprint density at radius 1 is 1.04 bits per heavy atom. The van der Waals surface area contributed by atoms with Crippen molar-refractivity contribution >= 4 is 18.1 Å². The Morgan fingerprint density at radius 2 is 1.65 bits per heavy atom. The highest BCUT2D eigenvalue weighted by Crippen LogP contribution is 2.25. The molecule has 0 aliphatic heterocycles. The van der Waals surface area contributed by atoms with Crippen molar-refractivity contribution in [1.82, 2.24) is 0 Å². The topological polar surface area (TPSA) is 35.5 Å². The Morgan fingerprint density at radius 3 is 2.13 bits per heavy atom. The standard InChI is InChI=1S/C20H28O3/c1-9-15-10-11-17(22-19(3,4)5)13-16(15)12-14(2)18(21)23-20(6,7)8/h9-13H,1H2,2-8H3/b14-12+. The molecular weight excluding hydrogens is 288 g/mol. The molecule has 0 fully saturated rings. The lowest BCUT2D eigenvalue weighted by molar-refractivity contribution is -0.149. The van der Waals surface area contributed by atoms with Gasteiger partial charge in [-0.2, -0.15) is 0 Å². The maximum atomic E-state index is 12.1. The highest BCUT2D eigenvalue weighted by Gasteiger charge is 2.18. The largest absolute Gasteiger partial charge is 0.488 e. The van der Waals surface area contributed by atoms with E-state index in [9.17, 15) is 4.79 Å². The molecule has 0 amide bonds. The number of carbonyl (C=O) groups is 1. The Balaban J connectivity index is 3.14. The fourth-order valence-corrected chi connectivity index (χ4v) is 1.93. The summed E-state index contributed by atoms with van der Waals surface area (Å²) >= 11 is 0. The van der Waals surface area contributed by atoms with Gasteiger partial charge in [0.2, 0.25) is 0 Å². The molecular formula is C20H28O3. The van der Waals surface area contributed by atoms with Crippen LogP contribution in [0.5, 0.6) is 5.75 Å². The molecule has 0 radical (unpaired) electrons. The van der Waals surface area contributed by atoms with Gasteiger partial charge in [0.1, 0.15) is 17.0 Å². The van der Waals surface area contributed by atoms with Gasteiger partial charge in [-0.15, -0.1) is 0 Å². The normalized spacial score (nSPS) is 12.7. The molecule has 0 heterocycles. The number of rotatable bonds is 4. The molecule has 126 valence electrons. The fraction of sp³-hybridized carbons (Fsp3) is 0.450. The first-order chi connectivity index (χ1) is 10.4. The maximum absolute atomic E-state index is 12.1. The van der Waals surface area contributed by atoms with Crippen LogP contribution in [0.3, 0.4) is 0 Å². The lowest BCUT2D eigenvalue weighted by atomic mass is 10.0. The van der Waals surface area contributed by atoms with Gasteiger partial charge in [0.25, 0.3) is 0 Å². The van der Waals surface area contributed by atoms with Crippen molar-refractivity contribution < 1.29 is 14.3 Å². The molecule has 0 spiro atoms. The Kier molecular flexibility index (Phi) is 5.81. The maximum Gasteiger partial charge on any atom is 0.334 e. The summed E-state index contributed by atoms with van der Waals surface area (Å²) in [4.78, 5) is 12.1. The molecule has 0 aliphatic rings. The van der Waals surface area contributed by atoms with E-state index < -0.39 is 5.60 Å². The molecule has 0 bridgehead atoms. The number of hydrogen-bond acceptors (Lipinski definition) is 3. The summed E-state index contributed by atoms with van der Waals surface area (Å²) in [6, 6.07) is 5.75. The molecule has 1 aromatic rings. The third-order valence-electron chi connectivity index (χ3n) is 2.80. The third-order valence-corrected chi connectivity index (χ3v) is 2.80. The average Bonchev–Trinajstić information content (AvgIpc) is 2.35. The highest BCUT2D eigenvalue weighted by molar-refractivity contribution is 5.94. The van der Waals surface area contributed by atoms with E-state index in [1.54, 1.807) is 19.1 Å². The molecule has 3 nitrogen and oxygen atoms in total. The molecule has 0 N–H and O–H groups in total. The van der Waals surface area contributed by atoms with Crippen LogP contribution in [0.1, 0.15) is 59.6 Å². The lowest BCUT2D eigenvalue weighted by Crippen LogP contribution is -2.24. The van der Waals surface area contributed by atoms with Crippen molar-refractivity contribution in [2.45, 2.75) is 59.7 Å². The van der Waals surface area contributed by atoms with Crippen LogP contribution >= 0.6 is 0 Å². The molecule has 0 aromatic heterocycles. The molecule has 0 atom stereocenters. The average molecular weight is 316 g/mol. The monoisotopic (exact) mass is 316 g/mol. The fourth-order valence-electron chi connectivity index (χ4n) is 1.93. The second kappa shape index (κ2) is 7.03. The molecule has 0 unspecified atom stereocenters. The van der Waals surface area contributed by atoms with E-state index in [1.165, 1.54) is 0 Å². The van der Waals surface area contributed by atoms with Crippen molar-refractivity contribution in [2.75, 3.05) is 0 Å². The Labute approximate surface area is 140 Å². The molecule has 0 saturated carbocycles. The van der Waals surface area contributed by atoms with Crippen molar-refractivity contribution in [3.05, 3.63) is 41.5 Å². The first kappa shape index (κ1) is 19.0. The first-order valence-corrected chi connectivity index (χ1v) is 7.78. The second-order valence-corrected chi connectivity index (χ2v) is 7.54. The van der Waals surface area contributed by atoms with Crippen LogP contribution in [0.25, 0.3) is 12.2 Å². The molecule has 1 rings (SSSR count). The van der Waals surface area contributed by atoms with E-state index in [0.717, 1.165) is 16.9 Å². The van der Waals surface area contributed by atoms with Crippen molar-refractivity contribution in [3.63, 3.8) is 0 Å². The quantitative estimate of drug-likeness (QED) is 0.562. The van der Waals surface area contributed by atoms with Crippen LogP contribution in [0.4, 0.5) is 0 Å².